The van der Waals surface area contributed by atoms with Gasteiger partial charge in [0, 0.05) is 4.47 Å². The summed E-state index contributed by atoms with van der Waals surface area (Å²) in [5.74, 6) is 0.253. The molecule has 0 N–H and O–H groups in total. The van der Waals surface area contributed by atoms with Crippen molar-refractivity contribution < 1.29 is 4.21 Å². The van der Waals surface area contributed by atoms with E-state index in [9.17, 15) is 4.21 Å². The topological polar surface area (TPSA) is 29.4 Å². The average molecular weight is 337 g/mol. The van der Waals surface area contributed by atoms with Gasteiger partial charge in [-0.05, 0) is 38.5 Å². The molecule has 0 saturated heterocycles. The molecule has 0 aliphatic rings. The van der Waals surface area contributed by atoms with Crippen LogP contribution in [-0.2, 0) is 11.0 Å². The zero-order valence-corrected chi connectivity index (χ0v) is 13.2. The van der Waals surface area contributed by atoms with E-state index in [-0.39, 0.29) is 10.6 Å². The molecule has 0 amide bonds. The van der Waals surface area contributed by atoms with E-state index in [0.717, 1.165) is 10.0 Å². The first-order valence-corrected chi connectivity index (χ1v) is 7.59. The lowest BCUT2D eigenvalue weighted by Crippen LogP contribution is -2.21. The van der Waals surface area contributed by atoms with Gasteiger partial charge in [-0.3, -0.25) is 0 Å². The van der Waals surface area contributed by atoms with Crippen molar-refractivity contribution in [3.63, 3.8) is 0 Å². The van der Waals surface area contributed by atoms with Crippen molar-refractivity contribution in [1.29, 1.82) is 0 Å². The van der Waals surface area contributed by atoms with Crippen molar-refractivity contribution in [2.24, 2.45) is 4.40 Å². The molecule has 5 heteroatoms. The Labute approximate surface area is 118 Å². The van der Waals surface area contributed by atoms with E-state index in [0.29, 0.717) is 5.71 Å². The first-order valence-electron chi connectivity index (χ1n) is 5.16. The van der Waals surface area contributed by atoms with Gasteiger partial charge in [0.1, 0.15) is 11.0 Å². The molecule has 0 unspecified atom stereocenters. The summed E-state index contributed by atoms with van der Waals surface area (Å²) in [4.78, 5) is 0. The van der Waals surface area contributed by atoms with E-state index in [1.165, 1.54) is 0 Å². The van der Waals surface area contributed by atoms with Gasteiger partial charge in [0.25, 0.3) is 0 Å². The van der Waals surface area contributed by atoms with E-state index < -0.39 is 11.0 Å². The molecule has 0 aliphatic heterocycles. The summed E-state index contributed by atoms with van der Waals surface area (Å²) in [6.07, 6.45) is 0. The summed E-state index contributed by atoms with van der Waals surface area (Å²) in [5.41, 5.74) is 1.56. The highest BCUT2D eigenvalue weighted by molar-refractivity contribution is 9.10. The molecule has 0 bridgehead atoms. The van der Waals surface area contributed by atoms with Crippen molar-refractivity contribution in [3.8, 4) is 0 Å². The molecule has 0 aromatic heterocycles. The zero-order valence-electron chi connectivity index (χ0n) is 10.0. The summed E-state index contributed by atoms with van der Waals surface area (Å²) in [6.45, 7) is 5.67. The minimum atomic E-state index is -1.28. The predicted molar refractivity (Wildman–Crippen MR) is 79.3 cm³/mol. The molecule has 0 aliphatic carbocycles. The Morgan fingerprint density at radius 3 is 2.29 bits per heavy atom. The maximum absolute atomic E-state index is 11.9. The lowest BCUT2D eigenvalue weighted by molar-refractivity contribution is 0.650. The van der Waals surface area contributed by atoms with Crippen LogP contribution in [-0.4, -0.2) is 20.5 Å². The molecule has 17 heavy (non-hydrogen) atoms. The van der Waals surface area contributed by atoms with Crippen LogP contribution < -0.4 is 0 Å². The van der Waals surface area contributed by atoms with Crippen LogP contribution in [0.2, 0.25) is 0 Å². The van der Waals surface area contributed by atoms with Crippen LogP contribution in [0, 0.1) is 0 Å². The number of nitrogens with zero attached hydrogens (tertiary/aromatic N) is 1. The van der Waals surface area contributed by atoms with Gasteiger partial charge in [0.2, 0.25) is 0 Å². The van der Waals surface area contributed by atoms with E-state index in [4.69, 9.17) is 11.6 Å². The maximum Gasteiger partial charge on any atom is 0.145 e. The molecule has 1 aromatic carbocycles. The summed E-state index contributed by atoms with van der Waals surface area (Å²) in [7, 11) is -1.28. The Hall–Kier alpha value is -0.190. The van der Waals surface area contributed by atoms with Crippen molar-refractivity contribution in [1.82, 2.24) is 0 Å². The summed E-state index contributed by atoms with van der Waals surface area (Å²) in [5, 5.41) is 0. The Morgan fingerprint density at radius 1 is 1.35 bits per heavy atom. The lowest BCUT2D eigenvalue weighted by Gasteiger charge is -2.14. The third-order valence-corrected chi connectivity index (χ3v) is 4.24. The standard InChI is InChI=1S/C12H15BrClNOS/c1-12(2,3)17(16)15-11(8-14)9-4-6-10(13)7-5-9/h4-7H,8H2,1-3H3/b15-11+/t17-/m1/s1. The summed E-state index contributed by atoms with van der Waals surface area (Å²) < 4.78 is 16.8. The van der Waals surface area contributed by atoms with Gasteiger partial charge in [-0.25, -0.2) is 4.21 Å². The van der Waals surface area contributed by atoms with Gasteiger partial charge >= 0.3 is 0 Å². The van der Waals surface area contributed by atoms with E-state index >= 15 is 0 Å². The molecular formula is C12H15BrClNOS. The van der Waals surface area contributed by atoms with Gasteiger partial charge in [0.15, 0.2) is 0 Å². The molecule has 1 rings (SSSR count). The van der Waals surface area contributed by atoms with Crippen LogP contribution in [0.3, 0.4) is 0 Å². The third-order valence-electron chi connectivity index (χ3n) is 2.02. The molecule has 1 aromatic rings. The van der Waals surface area contributed by atoms with Gasteiger partial charge in [0.05, 0.1) is 16.3 Å². The van der Waals surface area contributed by atoms with Crippen LogP contribution in [0.5, 0.6) is 0 Å². The molecule has 94 valence electrons. The van der Waals surface area contributed by atoms with Gasteiger partial charge in [-0.15, -0.1) is 11.6 Å². The van der Waals surface area contributed by atoms with Crippen LogP contribution in [0.1, 0.15) is 26.3 Å². The first-order chi connectivity index (χ1) is 7.84. The highest BCUT2D eigenvalue weighted by atomic mass is 79.9. The van der Waals surface area contributed by atoms with Crippen molar-refractivity contribution in [2.75, 3.05) is 5.88 Å². The summed E-state index contributed by atoms with van der Waals surface area (Å²) in [6, 6.07) is 7.64. The fourth-order valence-electron chi connectivity index (χ4n) is 1.03. The fraction of sp³-hybridized carbons (Fsp3) is 0.417. The number of rotatable bonds is 3. The predicted octanol–water partition coefficient (Wildman–Crippen LogP) is 3.94. The Bertz CT molecular complexity index is 437. The minimum Gasteiger partial charge on any atom is -0.234 e. The zero-order chi connectivity index (χ0) is 13.1. The van der Waals surface area contributed by atoms with Crippen molar-refractivity contribution in [3.05, 3.63) is 34.3 Å². The molecule has 0 saturated carbocycles. The quantitative estimate of drug-likeness (QED) is 0.607. The lowest BCUT2D eigenvalue weighted by atomic mass is 10.1. The number of hydrogen-bond acceptors (Lipinski definition) is 1. The number of alkyl halides is 1. The van der Waals surface area contributed by atoms with Crippen molar-refractivity contribution in [2.45, 2.75) is 25.5 Å². The molecule has 2 nitrogen and oxygen atoms in total. The number of halogens is 2. The minimum absolute atomic E-state index is 0.253. The molecule has 0 spiro atoms. The van der Waals surface area contributed by atoms with Crippen LogP contribution in [0.25, 0.3) is 0 Å². The van der Waals surface area contributed by atoms with Crippen LogP contribution in [0.4, 0.5) is 0 Å². The molecule has 0 fully saturated rings. The smallest absolute Gasteiger partial charge is 0.145 e. The highest BCUT2D eigenvalue weighted by Gasteiger charge is 2.19. The average Bonchev–Trinajstić information content (AvgIpc) is 2.25. The van der Waals surface area contributed by atoms with Crippen LogP contribution in [0.15, 0.2) is 33.1 Å². The normalized spacial score (nSPS) is 14.8. The summed E-state index contributed by atoms with van der Waals surface area (Å²) >= 11 is 9.23. The van der Waals surface area contributed by atoms with Gasteiger partial charge < -0.3 is 0 Å². The second-order valence-corrected chi connectivity index (χ2v) is 7.63. The molecular weight excluding hydrogens is 322 g/mol. The Morgan fingerprint density at radius 2 is 1.88 bits per heavy atom. The highest BCUT2D eigenvalue weighted by Crippen LogP contribution is 2.16. The van der Waals surface area contributed by atoms with E-state index in [2.05, 4.69) is 20.3 Å². The molecule has 0 heterocycles. The Kier molecular flexibility index (Phi) is 5.35. The third kappa shape index (κ3) is 4.53. The number of benzene rings is 1. The number of hydrogen-bond donors (Lipinski definition) is 0. The second kappa shape index (κ2) is 6.12. The van der Waals surface area contributed by atoms with E-state index in [1.54, 1.807) is 0 Å². The Balaban J connectivity index is 3.04. The second-order valence-electron chi connectivity index (χ2n) is 4.54. The first kappa shape index (κ1) is 14.9. The van der Waals surface area contributed by atoms with Crippen LogP contribution >= 0.6 is 27.5 Å². The van der Waals surface area contributed by atoms with Gasteiger partial charge in [-0.1, -0.05) is 28.1 Å². The largest absolute Gasteiger partial charge is 0.234 e. The van der Waals surface area contributed by atoms with Crippen molar-refractivity contribution >= 4 is 44.2 Å². The van der Waals surface area contributed by atoms with E-state index in [1.807, 2.05) is 45.0 Å². The molecule has 0 radical (unpaired) electrons. The monoisotopic (exact) mass is 335 g/mol. The SMILES string of the molecule is CC(C)(C)[S@@](=O)/N=C(\CCl)c1ccc(Br)cc1. The maximum atomic E-state index is 11.9. The molecule has 1 atom stereocenters. The fourth-order valence-corrected chi connectivity index (χ4v) is 2.23. The van der Waals surface area contributed by atoms with Gasteiger partial charge in [-0.2, -0.15) is 4.40 Å².